The Morgan fingerprint density at radius 3 is 2.63 bits per heavy atom. The summed E-state index contributed by atoms with van der Waals surface area (Å²) in [7, 11) is 0. The molecule has 3 N–H and O–H groups in total. The Morgan fingerprint density at radius 1 is 1.42 bits per heavy atom. The Labute approximate surface area is 109 Å². The molecule has 0 aliphatic heterocycles. The van der Waals surface area contributed by atoms with E-state index in [1.165, 1.54) is 6.20 Å². The molecule has 3 amide bonds. The first-order valence-corrected chi connectivity index (χ1v) is 5.63. The molecule has 0 radical (unpaired) electrons. The number of aromatic nitrogens is 1. The van der Waals surface area contributed by atoms with Gasteiger partial charge in [0.05, 0.1) is 12.6 Å². The Balaban J connectivity index is 2.38. The summed E-state index contributed by atoms with van der Waals surface area (Å²) in [5, 5.41) is 12.9. The Bertz CT molecular complexity index is 482. The highest BCUT2D eigenvalue weighted by atomic mass is 16.4. The molecule has 0 saturated carbocycles. The smallest absolute Gasteiger partial charge is 0.322 e. The highest BCUT2D eigenvalue weighted by Crippen LogP contribution is 2.11. The van der Waals surface area contributed by atoms with Gasteiger partial charge in [0.25, 0.3) is 0 Å². The second-order valence-corrected chi connectivity index (χ2v) is 3.95. The third kappa shape index (κ3) is 5.19. The van der Waals surface area contributed by atoms with Crippen LogP contribution >= 0.6 is 0 Å². The minimum Gasteiger partial charge on any atom is -0.481 e. The number of carboxylic acids is 1. The number of nitrogens with one attached hydrogen (secondary N) is 2. The van der Waals surface area contributed by atoms with Crippen LogP contribution in [0.15, 0.2) is 10.6 Å². The van der Waals surface area contributed by atoms with Crippen LogP contribution in [0.1, 0.15) is 37.5 Å². The van der Waals surface area contributed by atoms with Crippen molar-refractivity contribution in [3.63, 3.8) is 0 Å². The van der Waals surface area contributed by atoms with E-state index in [4.69, 9.17) is 9.52 Å². The monoisotopic (exact) mass is 269 g/mol. The van der Waals surface area contributed by atoms with Crippen LogP contribution in [0.25, 0.3) is 0 Å². The fraction of sp³-hybridized carbons (Fsp3) is 0.455. The van der Waals surface area contributed by atoms with Crippen LogP contribution in [-0.4, -0.2) is 28.0 Å². The van der Waals surface area contributed by atoms with Crippen LogP contribution in [0.4, 0.5) is 4.79 Å². The fourth-order valence-corrected chi connectivity index (χ4v) is 1.28. The molecular formula is C11H15N3O5. The van der Waals surface area contributed by atoms with E-state index in [1.807, 2.05) is 5.32 Å². The van der Waals surface area contributed by atoms with Gasteiger partial charge < -0.3 is 14.8 Å². The Kier molecular flexibility index (Phi) is 5.04. The average molecular weight is 269 g/mol. The lowest BCUT2D eigenvalue weighted by atomic mass is 10.3. The summed E-state index contributed by atoms with van der Waals surface area (Å²) in [6.07, 6.45) is 0.937. The fourth-order valence-electron chi connectivity index (χ4n) is 1.28. The quantitative estimate of drug-likeness (QED) is 0.724. The van der Waals surface area contributed by atoms with E-state index < -0.39 is 23.9 Å². The van der Waals surface area contributed by atoms with Crippen LogP contribution in [0.2, 0.25) is 0 Å². The zero-order valence-electron chi connectivity index (χ0n) is 10.6. The lowest BCUT2D eigenvalue weighted by Gasteiger charge is -2.10. The minimum absolute atomic E-state index is 0.255. The second kappa shape index (κ2) is 6.53. The van der Waals surface area contributed by atoms with Gasteiger partial charge in [0, 0.05) is 6.42 Å². The third-order valence-electron chi connectivity index (χ3n) is 2.18. The molecule has 0 aliphatic rings. The van der Waals surface area contributed by atoms with Gasteiger partial charge in [0.15, 0.2) is 0 Å². The number of aliphatic carboxylic acids is 1. The molecule has 0 fully saturated rings. The zero-order chi connectivity index (χ0) is 14.4. The number of carbonyl (C=O) groups excluding carboxylic acids is 2. The molecule has 104 valence electrons. The van der Waals surface area contributed by atoms with Gasteiger partial charge in [0.1, 0.15) is 11.8 Å². The molecule has 1 aromatic rings. The largest absolute Gasteiger partial charge is 0.481 e. The molecule has 0 saturated heterocycles. The lowest BCUT2D eigenvalue weighted by Crippen LogP contribution is -2.40. The predicted octanol–water partition coefficient (Wildman–Crippen LogP) is 0.735. The Morgan fingerprint density at radius 2 is 2.11 bits per heavy atom. The van der Waals surface area contributed by atoms with E-state index in [0.717, 1.165) is 0 Å². The second-order valence-electron chi connectivity index (χ2n) is 3.95. The first-order chi connectivity index (χ1) is 8.88. The molecule has 19 heavy (non-hydrogen) atoms. The standard InChI is InChI=1S/C11H15N3O5/c1-6-5-12-10(19-6)7(2)13-11(18)14-8(15)3-4-9(16)17/h5,7H,3-4H2,1-2H3,(H,16,17)(H2,13,14,15,18). The maximum absolute atomic E-state index is 11.4. The summed E-state index contributed by atoms with van der Waals surface area (Å²) < 4.78 is 5.21. The maximum Gasteiger partial charge on any atom is 0.322 e. The highest BCUT2D eigenvalue weighted by molar-refractivity contribution is 5.95. The topological polar surface area (TPSA) is 122 Å². The molecule has 1 rings (SSSR count). The van der Waals surface area contributed by atoms with Crippen molar-refractivity contribution in [1.82, 2.24) is 15.6 Å². The Hall–Kier alpha value is -2.38. The number of carboxylic acid groups (broad SMARTS) is 1. The van der Waals surface area contributed by atoms with Gasteiger partial charge in [-0.1, -0.05) is 0 Å². The summed E-state index contributed by atoms with van der Waals surface area (Å²) >= 11 is 0. The summed E-state index contributed by atoms with van der Waals surface area (Å²) in [5.74, 6) is -0.818. The molecule has 1 heterocycles. The van der Waals surface area contributed by atoms with Crippen molar-refractivity contribution in [2.24, 2.45) is 0 Å². The van der Waals surface area contributed by atoms with Crippen molar-refractivity contribution >= 4 is 17.9 Å². The normalized spacial score (nSPS) is 11.7. The van der Waals surface area contributed by atoms with Gasteiger partial charge in [-0.15, -0.1) is 0 Å². The highest BCUT2D eigenvalue weighted by Gasteiger charge is 2.16. The molecule has 1 aromatic heterocycles. The molecule has 1 unspecified atom stereocenters. The van der Waals surface area contributed by atoms with Crippen molar-refractivity contribution in [2.45, 2.75) is 32.7 Å². The number of hydrogen-bond donors (Lipinski definition) is 3. The van der Waals surface area contributed by atoms with E-state index in [1.54, 1.807) is 13.8 Å². The number of amides is 3. The van der Waals surface area contributed by atoms with Gasteiger partial charge >= 0.3 is 12.0 Å². The third-order valence-corrected chi connectivity index (χ3v) is 2.18. The average Bonchev–Trinajstić information content (AvgIpc) is 2.73. The number of aryl methyl sites for hydroxylation is 1. The maximum atomic E-state index is 11.4. The van der Waals surface area contributed by atoms with Gasteiger partial charge in [-0.2, -0.15) is 0 Å². The molecule has 8 nitrogen and oxygen atoms in total. The van der Waals surface area contributed by atoms with Crippen LogP contribution in [0.3, 0.4) is 0 Å². The summed E-state index contributed by atoms with van der Waals surface area (Å²) in [4.78, 5) is 36.8. The number of imide groups is 1. The number of hydrogen-bond acceptors (Lipinski definition) is 5. The van der Waals surface area contributed by atoms with E-state index >= 15 is 0 Å². The van der Waals surface area contributed by atoms with Gasteiger partial charge in [0.2, 0.25) is 11.8 Å². The van der Waals surface area contributed by atoms with Crippen molar-refractivity contribution < 1.29 is 23.9 Å². The van der Waals surface area contributed by atoms with Crippen molar-refractivity contribution in [2.75, 3.05) is 0 Å². The first-order valence-electron chi connectivity index (χ1n) is 5.63. The minimum atomic E-state index is -1.10. The van der Waals surface area contributed by atoms with E-state index in [-0.39, 0.29) is 12.8 Å². The van der Waals surface area contributed by atoms with Gasteiger partial charge in [-0.25, -0.2) is 9.78 Å². The van der Waals surface area contributed by atoms with E-state index in [9.17, 15) is 14.4 Å². The molecule has 0 spiro atoms. The van der Waals surface area contributed by atoms with Crippen LogP contribution in [-0.2, 0) is 9.59 Å². The predicted molar refractivity (Wildman–Crippen MR) is 63.2 cm³/mol. The number of rotatable bonds is 5. The van der Waals surface area contributed by atoms with Crippen molar-refractivity contribution in [1.29, 1.82) is 0 Å². The van der Waals surface area contributed by atoms with Crippen LogP contribution in [0.5, 0.6) is 0 Å². The van der Waals surface area contributed by atoms with Crippen LogP contribution < -0.4 is 10.6 Å². The summed E-state index contributed by atoms with van der Waals surface area (Å²) in [5.41, 5.74) is 0. The number of nitrogens with zero attached hydrogens (tertiary/aromatic N) is 1. The van der Waals surface area contributed by atoms with Gasteiger partial charge in [-0.3, -0.25) is 14.9 Å². The molecular weight excluding hydrogens is 254 g/mol. The lowest BCUT2D eigenvalue weighted by molar-refractivity contribution is -0.138. The molecule has 0 bridgehead atoms. The molecule has 8 heteroatoms. The SMILES string of the molecule is Cc1cnc(C(C)NC(=O)NC(=O)CCC(=O)O)o1. The van der Waals surface area contributed by atoms with E-state index in [2.05, 4.69) is 10.3 Å². The number of carbonyl (C=O) groups is 3. The number of urea groups is 1. The van der Waals surface area contributed by atoms with Crippen molar-refractivity contribution in [3.8, 4) is 0 Å². The first kappa shape index (κ1) is 14.7. The molecule has 0 aromatic carbocycles. The number of oxazole rings is 1. The summed E-state index contributed by atoms with van der Waals surface area (Å²) in [6.45, 7) is 3.37. The zero-order valence-corrected chi connectivity index (χ0v) is 10.6. The van der Waals surface area contributed by atoms with Gasteiger partial charge in [-0.05, 0) is 13.8 Å². The molecule has 1 atom stereocenters. The van der Waals surface area contributed by atoms with E-state index in [0.29, 0.717) is 11.7 Å². The molecule has 0 aliphatic carbocycles. The van der Waals surface area contributed by atoms with Crippen LogP contribution in [0, 0.1) is 6.92 Å². The van der Waals surface area contributed by atoms with Crippen molar-refractivity contribution in [3.05, 3.63) is 17.8 Å². The summed E-state index contributed by atoms with van der Waals surface area (Å²) in [6, 6.07) is -1.22.